The highest BCUT2D eigenvalue weighted by molar-refractivity contribution is 7.53. The van der Waals surface area contributed by atoms with E-state index >= 15 is 0 Å². The number of allylic oxidation sites excluding steroid dienone is 4. The van der Waals surface area contributed by atoms with Crippen molar-refractivity contribution in [2.75, 3.05) is 27.7 Å². The lowest BCUT2D eigenvalue weighted by Crippen LogP contribution is -2.49. The van der Waals surface area contributed by atoms with Crippen LogP contribution in [0.1, 0.15) is 122 Å². The molecule has 0 rings (SSSR count). The highest BCUT2D eigenvalue weighted by atomic mass is 31.2. The highest BCUT2D eigenvalue weighted by Gasteiger charge is 2.48. The molecule has 0 aromatic rings. The molecule has 0 bridgehead atoms. The van der Waals surface area contributed by atoms with Crippen molar-refractivity contribution in [3.05, 3.63) is 24.3 Å². The van der Waals surface area contributed by atoms with Crippen LogP contribution in [0.5, 0.6) is 0 Å². The largest absolute Gasteiger partial charge is 0.373 e. The van der Waals surface area contributed by atoms with E-state index in [4.69, 9.17) is 0 Å². The van der Waals surface area contributed by atoms with Gasteiger partial charge in [-0.15, -0.1) is 0 Å². The normalized spacial score (nSPS) is 14.9. The number of unbranched alkanes of at least 4 members (excludes halogenated alkanes) is 14. The van der Waals surface area contributed by atoms with E-state index in [1.54, 1.807) is 0 Å². The Balaban J connectivity index is 3.61. The molecule has 0 aromatic carbocycles. The second-order valence-electron chi connectivity index (χ2n) is 11.1. The third-order valence-electron chi connectivity index (χ3n) is 6.27. The SMILES string of the molecule is CCCCC/C=C\CCCCCCCCCC/C=C\CCCCC(O)(C[N+](C)(C)C)P(=O)(O)O. The van der Waals surface area contributed by atoms with E-state index in [-0.39, 0.29) is 13.0 Å². The molecule has 0 saturated carbocycles. The molecular formula is C28H57NO4P+. The van der Waals surface area contributed by atoms with Gasteiger partial charge in [0.05, 0.1) is 21.1 Å². The number of aliphatic hydroxyl groups is 1. The van der Waals surface area contributed by atoms with Gasteiger partial charge in [-0.1, -0.05) is 82.6 Å². The summed E-state index contributed by atoms with van der Waals surface area (Å²) in [6, 6.07) is 0. The molecule has 0 aliphatic carbocycles. The van der Waals surface area contributed by atoms with Crippen molar-refractivity contribution in [1.82, 2.24) is 0 Å². The Bertz CT molecular complexity index is 579. The quantitative estimate of drug-likeness (QED) is 0.0578. The van der Waals surface area contributed by atoms with E-state index in [0.29, 0.717) is 10.9 Å². The zero-order chi connectivity index (χ0) is 25.8. The van der Waals surface area contributed by atoms with Gasteiger partial charge in [0.25, 0.3) is 0 Å². The molecule has 0 amide bonds. The summed E-state index contributed by atoms with van der Waals surface area (Å²) in [4.78, 5) is 19.2. The maximum absolute atomic E-state index is 11.8. The Morgan fingerprint density at radius 2 is 1.00 bits per heavy atom. The van der Waals surface area contributed by atoms with Gasteiger partial charge >= 0.3 is 7.60 Å². The van der Waals surface area contributed by atoms with Crippen molar-refractivity contribution >= 4 is 7.60 Å². The molecule has 0 aromatic heterocycles. The van der Waals surface area contributed by atoms with E-state index in [2.05, 4.69) is 31.2 Å². The van der Waals surface area contributed by atoms with Crippen LogP contribution in [0.3, 0.4) is 0 Å². The molecule has 0 heterocycles. The maximum Gasteiger partial charge on any atom is 0.362 e. The molecular weight excluding hydrogens is 445 g/mol. The number of nitrogens with zero attached hydrogens (tertiary/aromatic N) is 1. The number of likely N-dealkylation sites (N-methyl/N-ethyl adjacent to an activating group) is 1. The number of hydrogen-bond acceptors (Lipinski definition) is 2. The minimum absolute atomic E-state index is 0.0453. The first-order chi connectivity index (χ1) is 16.0. The van der Waals surface area contributed by atoms with E-state index in [0.717, 1.165) is 19.3 Å². The first kappa shape index (κ1) is 33.5. The van der Waals surface area contributed by atoms with Gasteiger partial charge in [-0.2, -0.15) is 0 Å². The van der Waals surface area contributed by atoms with Crippen molar-refractivity contribution in [2.24, 2.45) is 0 Å². The third-order valence-corrected chi connectivity index (χ3v) is 7.72. The highest BCUT2D eigenvalue weighted by Crippen LogP contribution is 2.52. The fourth-order valence-electron chi connectivity index (χ4n) is 4.32. The second kappa shape index (κ2) is 19.7. The first-order valence-corrected chi connectivity index (χ1v) is 15.5. The van der Waals surface area contributed by atoms with Gasteiger partial charge in [0, 0.05) is 0 Å². The zero-order valence-electron chi connectivity index (χ0n) is 22.9. The minimum atomic E-state index is -4.56. The molecule has 1 unspecified atom stereocenters. The van der Waals surface area contributed by atoms with Crippen molar-refractivity contribution in [3.8, 4) is 0 Å². The summed E-state index contributed by atoms with van der Waals surface area (Å²) in [5.41, 5.74) is 0. The predicted octanol–water partition coefficient (Wildman–Crippen LogP) is 7.71. The molecule has 0 spiro atoms. The predicted molar refractivity (Wildman–Crippen MR) is 147 cm³/mol. The molecule has 0 radical (unpaired) electrons. The molecule has 3 N–H and O–H groups in total. The van der Waals surface area contributed by atoms with Crippen LogP contribution in [0.15, 0.2) is 24.3 Å². The van der Waals surface area contributed by atoms with Gasteiger partial charge in [-0.05, 0) is 64.2 Å². The van der Waals surface area contributed by atoms with Crippen LogP contribution in [0.25, 0.3) is 0 Å². The first-order valence-electron chi connectivity index (χ1n) is 13.9. The average molecular weight is 503 g/mol. The lowest BCUT2D eigenvalue weighted by Gasteiger charge is -2.35. The Labute approximate surface area is 211 Å². The van der Waals surface area contributed by atoms with Crippen LogP contribution in [0.2, 0.25) is 0 Å². The lowest BCUT2D eigenvalue weighted by molar-refractivity contribution is -0.875. The van der Waals surface area contributed by atoms with Crippen LogP contribution in [-0.4, -0.2) is 52.4 Å². The Hall–Kier alpha value is -0.450. The Kier molecular flexibility index (Phi) is 19.4. The van der Waals surface area contributed by atoms with E-state index in [9.17, 15) is 19.5 Å². The molecule has 34 heavy (non-hydrogen) atoms. The molecule has 202 valence electrons. The summed E-state index contributed by atoms with van der Waals surface area (Å²) in [5, 5.41) is 8.61. The average Bonchev–Trinajstić information content (AvgIpc) is 2.73. The second-order valence-corrected chi connectivity index (χ2v) is 13.0. The number of hydrogen-bond donors (Lipinski definition) is 3. The Morgan fingerprint density at radius 1 is 0.647 bits per heavy atom. The third kappa shape index (κ3) is 19.8. The summed E-state index contributed by atoms with van der Waals surface area (Å²) in [7, 11) is 0.937. The summed E-state index contributed by atoms with van der Waals surface area (Å²) < 4.78 is 12.1. The monoisotopic (exact) mass is 502 g/mol. The fourth-order valence-corrected chi connectivity index (χ4v) is 5.37. The van der Waals surface area contributed by atoms with E-state index in [1.807, 2.05) is 21.1 Å². The Morgan fingerprint density at radius 3 is 1.35 bits per heavy atom. The maximum atomic E-state index is 11.8. The standard InChI is InChI=1S/C28H56NO4P/c1-5-6-7-8-9-10-11-12-13-14-15-16-17-18-19-20-21-22-23-24-25-26-28(30,34(31,32)33)27-29(2,3)4/h9-10,21-22,30H,5-8,11-20,23-27H2,1-4H3,(H-,31,32,33)/p+1/b10-9-,22-21-. The van der Waals surface area contributed by atoms with Gasteiger partial charge in [0.15, 0.2) is 0 Å². The minimum Gasteiger partial charge on any atom is -0.373 e. The molecule has 1 atom stereocenters. The fraction of sp³-hybridized carbons (Fsp3) is 0.857. The van der Waals surface area contributed by atoms with E-state index < -0.39 is 12.9 Å². The van der Waals surface area contributed by atoms with Crippen LogP contribution >= 0.6 is 7.60 Å². The van der Waals surface area contributed by atoms with Crippen LogP contribution < -0.4 is 0 Å². The van der Waals surface area contributed by atoms with Gasteiger partial charge in [0.2, 0.25) is 5.34 Å². The molecule has 0 saturated heterocycles. The number of rotatable bonds is 23. The molecule has 5 nitrogen and oxygen atoms in total. The topological polar surface area (TPSA) is 77.8 Å². The van der Waals surface area contributed by atoms with E-state index in [1.165, 1.54) is 83.5 Å². The van der Waals surface area contributed by atoms with Crippen LogP contribution in [0, 0.1) is 0 Å². The molecule has 0 aliphatic rings. The van der Waals surface area contributed by atoms with Gasteiger partial charge in [-0.25, -0.2) is 0 Å². The van der Waals surface area contributed by atoms with Crippen LogP contribution in [-0.2, 0) is 4.57 Å². The molecule has 0 aliphatic heterocycles. The summed E-state index contributed by atoms with van der Waals surface area (Å²) >= 11 is 0. The zero-order valence-corrected chi connectivity index (χ0v) is 23.8. The summed E-state index contributed by atoms with van der Waals surface area (Å²) in [6.07, 6.45) is 29.9. The van der Waals surface area contributed by atoms with Crippen molar-refractivity contribution in [3.63, 3.8) is 0 Å². The number of quaternary nitrogens is 1. The van der Waals surface area contributed by atoms with Gasteiger partial charge < -0.3 is 19.4 Å². The van der Waals surface area contributed by atoms with Gasteiger partial charge in [0.1, 0.15) is 6.54 Å². The lowest BCUT2D eigenvalue weighted by atomic mass is 10.1. The van der Waals surface area contributed by atoms with Crippen molar-refractivity contribution in [2.45, 2.75) is 128 Å². The smallest absolute Gasteiger partial charge is 0.362 e. The van der Waals surface area contributed by atoms with Gasteiger partial charge in [-0.3, -0.25) is 4.57 Å². The summed E-state index contributed by atoms with van der Waals surface area (Å²) in [5.74, 6) is 0. The van der Waals surface area contributed by atoms with Crippen molar-refractivity contribution in [1.29, 1.82) is 0 Å². The van der Waals surface area contributed by atoms with Crippen molar-refractivity contribution < 1.29 is 23.9 Å². The van der Waals surface area contributed by atoms with Crippen LogP contribution in [0.4, 0.5) is 0 Å². The molecule has 0 fully saturated rings. The molecule has 6 heteroatoms. The summed E-state index contributed by atoms with van der Waals surface area (Å²) in [6.45, 7) is 2.30.